The van der Waals surface area contributed by atoms with E-state index in [9.17, 15) is 9.59 Å². The van der Waals surface area contributed by atoms with Crippen LogP contribution in [0.3, 0.4) is 0 Å². The molecule has 7 heteroatoms. The van der Waals surface area contributed by atoms with Crippen molar-refractivity contribution in [1.82, 2.24) is 0 Å². The maximum atomic E-state index is 11.9. The minimum absolute atomic E-state index is 0.175. The second-order valence-electron chi connectivity index (χ2n) is 9.89. The summed E-state index contributed by atoms with van der Waals surface area (Å²) in [5.41, 5.74) is -0.384. The van der Waals surface area contributed by atoms with Gasteiger partial charge >= 0.3 is 11.9 Å². The molecule has 0 fully saturated rings. The van der Waals surface area contributed by atoms with E-state index in [-0.39, 0.29) is 33.8 Å². The van der Waals surface area contributed by atoms with E-state index in [1.54, 1.807) is 18.2 Å². The van der Waals surface area contributed by atoms with Gasteiger partial charge < -0.3 is 18.9 Å². The number of hydrogen-bond donors (Lipinski definition) is 0. The van der Waals surface area contributed by atoms with E-state index >= 15 is 0 Å². The Morgan fingerprint density at radius 1 is 0.742 bits per heavy atom. The second kappa shape index (κ2) is 9.35. The molecule has 31 heavy (non-hydrogen) atoms. The van der Waals surface area contributed by atoms with Crippen LogP contribution < -0.4 is 18.9 Å². The Labute approximate surface area is 188 Å². The summed E-state index contributed by atoms with van der Waals surface area (Å²) in [6.45, 7) is 15.3. The molecule has 0 radical (unpaired) electrons. The minimum atomic E-state index is -0.524. The largest absolute Gasteiger partial charge is 0.486 e. The molecule has 2 rings (SSSR count). The number of rotatable bonds is 6. The van der Waals surface area contributed by atoms with Crippen LogP contribution in [0.5, 0.6) is 23.0 Å². The zero-order valence-electron chi connectivity index (χ0n) is 19.5. The number of fused-ring (bicyclic) bond motifs is 1. The first-order valence-electron chi connectivity index (χ1n) is 10.1. The van der Waals surface area contributed by atoms with Gasteiger partial charge in [-0.3, -0.25) is 9.59 Å². The summed E-state index contributed by atoms with van der Waals surface area (Å²) in [5, 5.41) is 1.42. The van der Waals surface area contributed by atoms with E-state index in [1.807, 2.05) is 41.5 Å². The smallest absolute Gasteiger partial charge is 0.308 e. The van der Waals surface area contributed by atoms with Crippen molar-refractivity contribution in [2.24, 2.45) is 10.8 Å². The maximum absolute atomic E-state index is 11.9. The number of benzene rings is 2. The Hall–Kier alpha value is -2.47. The highest BCUT2D eigenvalue weighted by Gasteiger charge is 2.29. The van der Waals surface area contributed by atoms with Crippen LogP contribution in [0.1, 0.15) is 55.4 Å². The highest BCUT2D eigenvalue weighted by atomic mass is 35.5. The molecule has 0 spiro atoms. The molecule has 0 heterocycles. The van der Waals surface area contributed by atoms with Crippen molar-refractivity contribution < 1.29 is 28.5 Å². The third-order valence-corrected chi connectivity index (χ3v) is 4.12. The van der Waals surface area contributed by atoms with Gasteiger partial charge in [-0.05, 0) is 29.0 Å². The van der Waals surface area contributed by atoms with Crippen molar-refractivity contribution in [3.8, 4) is 23.0 Å². The zero-order chi connectivity index (χ0) is 23.6. The summed E-state index contributed by atoms with van der Waals surface area (Å²) in [6.07, 6.45) is 0. The molecule has 0 amide bonds. The summed E-state index contributed by atoms with van der Waals surface area (Å²) in [4.78, 5) is 23.9. The third-order valence-electron chi connectivity index (χ3n) is 3.88. The predicted octanol–water partition coefficient (Wildman–Crippen LogP) is 6.19. The predicted molar refractivity (Wildman–Crippen MR) is 121 cm³/mol. The topological polar surface area (TPSA) is 71.1 Å². The van der Waals surface area contributed by atoms with Gasteiger partial charge in [0.25, 0.3) is 0 Å². The van der Waals surface area contributed by atoms with Crippen molar-refractivity contribution in [3.05, 3.63) is 23.2 Å². The van der Waals surface area contributed by atoms with Gasteiger partial charge in [-0.1, -0.05) is 53.1 Å². The van der Waals surface area contributed by atoms with Crippen molar-refractivity contribution in [2.75, 3.05) is 13.2 Å². The Kier molecular flexibility index (Phi) is 7.48. The highest BCUT2D eigenvalue weighted by molar-refractivity contribution is 6.31. The fourth-order valence-electron chi connectivity index (χ4n) is 2.68. The second-order valence-corrected chi connectivity index (χ2v) is 10.3. The lowest BCUT2D eigenvalue weighted by Gasteiger charge is -2.26. The Balaban J connectivity index is 2.89. The molecule has 0 aliphatic rings. The number of ether oxygens (including phenoxy) is 4. The van der Waals surface area contributed by atoms with E-state index in [0.717, 1.165) is 0 Å². The van der Waals surface area contributed by atoms with E-state index < -0.39 is 11.9 Å². The molecule has 0 saturated heterocycles. The number of halogens is 1. The van der Waals surface area contributed by atoms with Gasteiger partial charge in [0.1, 0.15) is 0 Å². The standard InChI is InChI=1S/C24H31ClO6/c1-14(26)30-19-17-10-9-16(25)11-18(17)20(31-15(2)27)22(29-13-24(6,7)8)21(19)28-12-23(3,4)5/h9-11H,12-13H2,1-8H3. The first-order chi connectivity index (χ1) is 14.2. The van der Waals surface area contributed by atoms with Crippen LogP contribution in [0.15, 0.2) is 18.2 Å². The molecule has 0 aliphatic heterocycles. The molecule has 2 aromatic rings. The molecule has 0 aliphatic carbocycles. The van der Waals surface area contributed by atoms with Crippen LogP contribution >= 0.6 is 11.6 Å². The molecular formula is C24H31ClO6. The molecule has 0 aromatic heterocycles. The van der Waals surface area contributed by atoms with Gasteiger partial charge in [-0.25, -0.2) is 0 Å². The van der Waals surface area contributed by atoms with Crippen molar-refractivity contribution in [2.45, 2.75) is 55.4 Å². The molecule has 0 atom stereocenters. The average molecular weight is 451 g/mol. The van der Waals surface area contributed by atoms with Crippen LogP contribution in [-0.4, -0.2) is 25.2 Å². The summed E-state index contributed by atoms with van der Waals surface area (Å²) < 4.78 is 23.4. The fraction of sp³-hybridized carbons (Fsp3) is 0.500. The lowest BCUT2D eigenvalue weighted by atomic mass is 9.98. The van der Waals surface area contributed by atoms with Crippen LogP contribution in [0, 0.1) is 10.8 Å². The summed E-state index contributed by atoms with van der Waals surface area (Å²) in [6, 6.07) is 5.00. The minimum Gasteiger partial charge on any atom is -0.486 e. The average Bonchev–Trinajstić information content (AvgIpc) is 2.58. The first-order valence-corrected chi connectivity index (χ1v) is 10.5. The summed E-state index contributed by atoms with van der Waals surface area (Å²) >= 11 is 6.23. The number of carbonyl (C=O) groups excluding carboxylic acids is 2. The van der Waals surface area contributed by atoms with Gasteiger partial charge in [0.05, 0.1) is 13.2 Å². The van der Waals surface area contributed by atoms with E-state index in [1.165, 1.54) is 13.8 Å². The number of carbonyl (C=O) groups is 2. The normalized spacial score (nSPS) is 11.9. The van der Waals surface area contributed by atoms with Crippen molar-refractivity contribution in [1.29, 1.82) is 0 Å². The molecule has 0 unspecified atom stereocenters. The maximum Gasteiger partial charge on any atom is 0.308 e. The van der Waals surface area contributed by atoms with Gasteiger partial charge in [-0.2, -0.15) is 0 Å². The Bertz CT molecular complexity index is 982. The highest BCUT2D eigenvalue weighted by Crippen LogP contribution is 2.52. The SMILES string of the molecule is CC(=O)Oc1c(OCC(C)(C)C)c(OCC(C)(C)C)c(OC(C)=O)c2cc(Cl)ccc12. The van der Waals surface area contributed by atoms with Gasteiger partial charge in [0.2, 0.25) is 11.5 Å². The monoisotopic (exact) mass is 450 g/mol. The third kappa shape index (κ3) is 7.03. The summed E-state index contributed by atoms with van der Waals surface area (Å²) in [5.74, 6) is -0.263. The molecule has 0 N–H and O–H groups in total. The van der Waals surface area contributed by atoms with Crippen molar-refractivity contribution >= 4 is 34.3 Å². The molecule has 2 aromatic carbocycles. The Morgan fingerprint density at radius 3 is 1.55 bits per heavy atom. The summed E-state index contributed by atoms with van der Waals surface area (Å²) in [7, 11) is 0. The van der Waals surface area contributed by atoms with Crippen LogP contribution in [0.4, 0.5) is 0 Å². The van der Waals surface area contributed by atoms with Gasteiger partial charge in [0, 0.05) is 29.6 Å². The van der Waals surface area contributed by atoms with Crippen LogP contribution in [0.25, 0.3) is 10.8 Å². The lowest BCUT2D eigenvalue weighted by Crippen LogP contribution is -2.21. The van der Waals surface area contributed by atoms with Crippen LogP contribution in [0.2, 0.25) is 5.02 Å². The molecule has 0 saturated carbocycles. The molecule has 170 valence electrons. The van der Waals surface area contributed by atoms with E-state index in [2.05, 4.69) is 0 Å². The van der Waals surface area contributed by atoms with Gasteiger partial charge in [0.15, 0.2) is 11.5 Å². The Morgan fingerprint density at radius 2 is 1.16 bits per heavy atom. The van der Waals surface area contributed by atoms with E-state index in [0.29, 0.717) is 29.0 Å². The number of hydrogen-bond acceptors (Lipinski definition) is 6. The van der Waals surface area contributed by atoms with Crippen molar-refractivity contribution in [3.63, 3.8) is 0 Å². The quantitative estimate of drug-likeness (QED) is 0.385. The van der Waals surface area contributed by atoms with Crippen LogP contribution in [-0.2, 0) is 9.59 Å². The van der Waals surface area contributed by atoms with Gasteiger partial charge in [-0.15, -0.1) is 0 Å². The molecule has 0 bridgehead atoms. The number of esters is 2. The lowest BCUT2D eigenvalue weighted by molar-refractivity contribution is -0.133. The van der Waals surface area contributed by atoms with E-state index in [4.69, 9.17) is 30.5 Å². The zero-order valence-corrected chi connectivity index (χ0v) is 20.2. The first kappa shape index (κ1) is 24.8. The molecular weight excluding hydrogens is 420 g/mol. The fourth-order valence-corrected chi connectivity index (χ4v) is 2.85. The molecule has 6 nitrogen and oxygen atoms in total.